The van der Waals surface area contributed by atoms with Crippen molar-refractivity contribution >= 4 is 5.91 Å². The summed E-state index contributed by atoms with van der Waals surface area (Å²) in [6, 6.07) is 5.94. The number of amides is 1. The number of aromatic nitrogens is 2. The third-order valence-electron chi connectivity index (χ3n) is 3.41. The van der Waals surface area contributed by atoms with Gasteiger partial charge in [-0.15, -0.1) is 0 Å². The van der Waals surface area contributed by atoms with Crippen molar-refractivity contribution in [1.82, 2.24) is 9.97 Å². The maximum atomic E-state index is 11.2. The van der Waals surface area contributed by atoms with Crippen LogP contribution in [0.4, 0.5) is 0 Å². The van der Waals surface area contributed by atoms with E-state index in [0.29, 0.717) is 0 Å². The molecule has 0 unspecified atom stereocenters. The molecule has 2 aromatic rings. The lowest BCUT2D eigenvalue weighted by atomic mass is 9.96. The Bertz CT molecular complexity index is 663. The van der Waals surface area contributed by atoms with Crippen LogP contribution in [-0.2, 0) is 0 Å². The summed E-state index contributed by atoms with van der Waals surface area (Å²) in [6.45, 7) is 8.04. The van der Waals surface area contributed by atoms with Crippen molar-refractivity contribution in [3.63, 3.8) is 0 Å². The highest BCUT2D eigenvalue weighted by molar-refractivity contribution is 5.89. The lowest BCUT2D eigenvalue weighted by molar-refractivity contribution is 0.0990. The first kappa shape index (κ1) is 13.2. The van der Waals surface area contributed by atoms with Gasteiger partial charge in [0.05, 0.1) is 5.69 Å². The zero-order valence-corrected chi connectivity index (χ0v) is 11.6. The summed E-state index contributed by atoms with van der Waals surface area (Å²) in [5, 5.41) is 0. The average Bonchev–Trinajstić information content (AvgIpc) is 2.35. The molecule has 0 radical (unpaired) electrons. The molecule has 1 aromatic carbocycles. The Kier molecular flexibility index (Phi) is 3.34. The Morgan fingerprint density at radius 3 is 2.37 bits per heavy atom. The SMILES string of the molecule is Cc1cc(-c2ccc(C)c(C)c2C)nc(C(N)=O)n1. The van der Waals surface area contributed by atoms with E-state index in [2.05, 4.69) is 36.8 Å². The minimum atomic E-state index is -0.605. The smallest absolute Gasteiger partial charge is 0.286 e. The summed E-state index contributed by atoms with van der Waals surface area (Å²) in [4.78, 5) is 19.5. The van der Waals surface area contributed by atoms with Crippen LogP contribution in [-0.4, -0.2) is 15.9 Å². The van der Waals surface area contributed by atoms with Gasteiger partial charge in [0.25, 0.3) is 5.91 Å². The van der Waals surface area contributed by atoms with Gasteiger partial charge in [-0.1, -0.05) is 12.1 Å². The fourth-order valence-corrected chi connectivity index (χ4v) is 2.05. The number of nitrogens with zero attached hydrogens (tertiary/aromatic N) is 2. The van der Waals surface area contributed by atoms with Crippen molar-refractivity contribution in [3.05, 3.63) is 46.4 Å². The molecule has 0 spiro atoms. The molecular weight excluding hydrogens is 238 g/mol. The highest BCUT2D eigenvalue weighted by Gasteiger charge is 2.12. The monoisotopic (exact) mass is 255 g/mol. The Hall–Kier alpha value is -2.23. The third-order valence-corrected chi connectivity index (χ3v) is 3.41. The first-order valence-corrected chi connectivity index (χ1v) is 6.13. The number of rotatable bonds is 2. The normalized spacial score (nSPS) is 10.5. The Morgan fingerprint density at radius 1 is 1.05 bits per heavy atom. The van der Waals surface area contributed by atoms with Crippen molar-refractivity contribution in [3.8, 4) is 11.3 Å². The van der Waals surface area contributed by atoms with Gasteiger partial charge in [0.1, 0.15) is 0 Å². The predicted octanol–water partition coefficient (Wildman–Crippen LogP) is 2.48. The number of carbonyl (C=O) groups is 1. The summed E-state index contributed by atoms with van der Waals surface area (Å²) in [7, 11) is 0. The highest BCUT2D eigenvalue weighted by atomic mass is 16.1. The van der Waals surface area contributed by atoms with Crippen LogP contribution in [0.15, 0.2) is 18.2 Å². The van der Waals surface area contributed by atoms with E-state index in [9.17, 15) is 4.79 Å². The molecule has 0 aliphatic heterocycles. The Balaban J connectivity index is 2.65. The highest BCUT2D eigenvalue weighted by Crippen LogP contribution is 2.26. The molecule has 2 N–H and O–H groups in total. The lowest BCUT2D eigenvalue weighted by Gasteiger charge is -2.11. The van der Waals surface area contributed by atoms with Gasteiger partial charge in [0.15, 0.2) is 0 Å². The van der Waals surface area contributed by atoms with Gasteiger partial charge in [0, 0.05) is 11.3 Å². The van der Waals surface area contributed by atoms with Crippen molar-refractivity contribution in [2.24, 2.45) is 5.73 Å². The topological polar surface area (TPSA) is 68.9 Å². The zero-order chi connectivity index (χ0) is 14.2. The van der Waals surface area contributed by atoms with Gasteiger partial charge in [-0.3, -0.25) is 4.79 Å². The number of hydrogen-bond acceptors (Lipinski definition) is 3. The van der Waals surface area contributed by atoms with Gasteiger partial charge >= 0.3 is 0 Å². The third kappa shape index (κ3) is 2.47. The minimum Gasteiger partial charge on any atom is -0.363 e. The second kappa shape index (κ2) is 4.80. The molecule has 98 valence electrons. The van der Waals surface area contributed by atoms with E-state index in [1.165, 1.54) is 11.1 Å². The van der Waals surface area contributed by atoms with E-state index >= 15 is 0 Å². The molecule has 4 heteroatoms. The van der Waals surface area contributed by atoms with Gasteiger partial charge < -0.3 is 5.73 Å². The number of primary amides is 1. The number of carbonyl (C=O) groups excluding carboxylic acids is 1. The van der Waals surface area contributed by atoms with E-state index in [4.69, 9.17) is 5.73 Å². The van der Waals surface area contributed by atoms with E-state index in [1.54, 1.807) is 0 Å². The van der Waals surface area contributed by atoms with Gasteiger partial charge in [-0.2, -0.15) is 0 Å². The molecule has 0 fully saturated rings. The van der Waals surface area contributed by atoms with Crippen LogP contribution < -0.4 is 5.73 Å². The van der Waals surface area contributed by atoms with Crippen molar-refractivity contribution in [1.29, 1.82) is 0 Å². The molecule has 0 saturated carbocycles. The molecule has 1 amide bonds. The number of aryl methyl sites for hydroxylation is 2. The summed E-state index contributed by atoms with van der Waals surface area (Å²) in [5.74, 6) is -0.543. The lowest BCUT2D eigenvalue weighted by Crippen LogP contribution is -2.16. The maximum absolute atomic E-state index is 11.2. The number of hydrogen-bond donors (Lipinski definition) is 1. The van der Waals surface area contributed by atoms with E-state index in [1.807, 2.05) is 19.1 Å². The van der Waals surface area contributed by atoms with Crippen LogP contribution in [0.2, 0.25) is 0 Å². The molecule has 1 aromatic heterocycles. The second-order valence-electron chi connectivity index (χ2n) is 4.76. The molecule has 0 atom stereocenters. The molecular formula is C15H17N3O. The summed E-state index contributed by atoms with van der Waals surface area (Å²) in [5.41, 5.74) is 11.4. The largest absolute Gasteiger partial charge is 0.363 e. The van der Waals surface area contributed by atoms with Gasteiger partial charge in [-0.25, -0.2) is 9.97 Å². The van der Waals surface area contributed by atoms with Crippen LogP contribution in [0.1, 0.15) is 33.0 Å². The summed E-state index contributed by atoms with van der Waals surface area (Å²) >= 11 is 0. The average molecular weight is 255 g/mol. The van der Waals surface area contributed by atoms with Crippen LogP contribution in [0.3, 0.4) is 0 Å². The molecule has 0 aliphatic carbocycles. The number of benzene rings is 1. The molecule has 19 heavy (non-hydrogen) atoms. The molecule has 0 aliphatic rings. The van der Waals surface area contributed by atoms with Gasteiger partial charge in [0.2, 0.25) is 5.82 Å². The molecule has 0 saturated heterocycles. The van der Waals surface area contributed by atoms with E-state index in [-0.39, 0.29) is 5.82 Å². The van der Waals surface area contributed by atoms with E-state index < -0.39 is 5.91 Å². The molecule has 0 bridgehead atoms. The Labute approximate surface area is 112 Å². The second-order valence-corrected chi connectivity index (χ2v) is 4.76. The predicted molar refractivity (Wildman–Crippen MR) is 74.9 cm³/mol. The first-order valence-electron chi connectivity index (χ1n) is 6.13. The fourth-order valence-electron chi connectivity index (χ4n) is 2.05. The molecule has 2 rings (SSSR count). The summed E-state index contributed by atoms with van der Waals surface area (Å²) in [6.07, 6.45) is 0. The quantitative estimate of drug-likeness (QED) is 0.896. The summed E-state index contributed by atoms with van der Waals surface area (Å²) < 4.78 is 0. The zero-order valence-electron chi connectivity index (χ0n) is 11.6. The van der Waals surface area contributed by atoms with Crippen LogP contribution in [0, 0.1) is 27.7 Å². The molecule has 4 nitrogen and oxygen atoms in total. The fraction of sp³-hybridized carbons (Fsp3) is 0.267. The standard InChI is InChI=1S/C15H17N3O/c1-8-5-6-12(11(4)10(8)3)13-7-9(2)17-15(18-13)14(16)19/h5-7H,1-4H3,(H2,16,19). The Morgan fingerprint density at radius 2 is 1.74 bits per heavy atom. The minimum absolute atomic E-state index is 0.0626. The van der Waals surface area contributed by atoms with Gasteiger partial charge in [-0.05, 0) is 50.5 Å². The van der Waals surface area contributed by atoms with Crippen molar-refractivity contribution in [2.75, 3.05) is 0 Å². The van der Waals surface area contributed by atoms with Crippen LogP contribution in [0.5, 0.6) is 0 Å². The van der Waals surface area contributed by atoms with E-state index in [0.717, 1.165) is 22.5 Å². The van der Waals surface area contributed by atoms with Crippen molar-refractivity contribution in [2.45, 2.75) is 27.7 Å². The van der Waals surface area contributed by atoms with Crippen LogP contribution in [0.25, 0.3) is 11.3 Å². The van der Waals surface area contributed by atoms with Crippen LogP contribution >= 0.6 is 0 Å². The van der Waals surface area contributed by atoms with Crippen molar-refractivity contribution < 1.29 is 4.79 Å². The molecule has 1 heterocycles. The maximum Gasteiger partial charge on any atom is 0.286 e. The first-order chi connectivity index (χ1) is 8.90. The number of nitrogens with two attached hydrogens (primary N) is 1.